The molecule has 0 saturated carbocycles. The van der Waals surface area contributed by atoms with Crippen LogP contribution in [0.1, 0.15) is 27.4 Å². The van der Waals surface area contributed by atoms with Crippen molar-refractivity contribution in [1.82, 2.24) is 5.16 Å². The molecule has 32 heavy (non-hydrogen) atoms. The number of aromatic nitrogens is 1. The van der Waals surface area contributed by atoms with E-state index >= 15 is 0 Å². The molecule has 1 aromatic heterocycles. The number of nitrogens with one attached hydrogen (secondary N) is 1. The van der Waals surface area contributed by atoms with E-state index in [1.54, 1.807) is 30.3 Å². The van der Waals surface area contributed by atoms with Crippen LogP contribution in [0.2, 0.25) is 0 Å². The zero-order valence-electron chi connectivity index (χ0n) is 18.3. The zero-order valence-corrected chi connectivity index (χ0v) is 19.1. The summed E-state index contributed by atoms with van der Waals surface area (Å²) in [6, 6.07) is 12.1. The smallest absolute Gasteiger partial charge is 0.339 e. The Morgan fingerprint density at radius 3 is 2.50 bits per heavy atom. The molecule has 0 fully saturated rings. The molecule has 2 aromatic carbocycles. The van der Waals surface area contributed by atoms with Gasteiger partial charge in [-0.2, -0.15) is 0 Å². The molecule has 9 heteroatoms. The molecule has 3 rings (SSSR count). The van der Waals surface area contributed by atoms with Crippen LogP contribution >= 0.6 is 11.8 Å². The van der Waals surface area contributed by atoms with Crippen molar-refractivity contribution in [2.45, 2.75) is 24.5 Å². The van der Waals surface area contributed by atoms with Crippen LogP contribution in [0.25, 0.3) is 0 Å². The standard InChI is InChI=1S/C23H24N2O6S/c1-14-18(15(2)31-25-14)13-32-21-8-6-5-7-17(21)23(27)30-12-22(26)24-16-9-10-19(28-3)20(11-16)29-4/h5-11H,12-13H2,1-4H3,(H,24,26). The van der Waals surface area contributed by atoms with Gasteiger partial charge in [0.05, 0.1) is 25.5 Å². The summed E-state index contributed by atoms with van der Waals surface area (Å²) in [5.74, 6) is 1.34. The highest BCUT2D eigenvalue weighted by molar-refractivity contribution is 7.98. The summed E-state index contributed by atoms with van der Waals surface area (Å²) in [7, 11) is 3.03. The predicted octanol–water partition coefficient (Wildman–Crippen LogP) is 4.40. The summed E-state index contributed by atoms with van der Waals surface area (Å²) >= 11 is 1.48. The number of aryl methyl sites for hydroxylation is 2. The number of rotatable bonds is 9. The molecule has 0 bridgehead atoms. The molecule has 8 nitrogen and oxygen atoms in total. The molecule has 0 aliphatic heterocycles. The molecule has 0 saturated heterocycles. The third-order valence-electron chi connectivity index (χ3n) is 4.66. The van der Waals surface area contributed by atoms with E-state index in [-0.39, 0.29) is 0 Å². The second-order valence-corrected chi connectivity index (χ2v) is 7.80. The van der Waals surface area contributed by atoms with E-state index in [9.17, 15) is 9.59 Å². The number of ether oxygens (including phenoxy) is 3. The first-order valence-electron chi connectivity index (χ1n) is 9.75. The fourth-order valence-electron chi connectivity index (χ4n) is 2.94. The molecule has 0 unspecified atom stereocenters. The lowest BCUT2D eigenvalue weighted by Gasteiger charge is -2.11. The van der Waals surface area contributed by atoms with Crippen LogP contribution in [0.4, 0.5) is 5.69 Å². The maximum atomic E-state index is 12.6. The highest BCUT2D eigenvalue weighted by Gasteiger charge is 2.17. The van der Waals surface area contributed by atoms with E-state index in [4.69, 9.17) is 18.7 Å². The van der Waals surface area contributed by atoms with Gasteiger partial charge in [0.1, 0.15) is 5.76 Å². The van der Waals surface area contributed by atoms with E-state index in [2.05, 4.69) is 10.5 Å². The number of hydrogen-bond acceptors (Lipinski definition) is 8. The number of amides is 1. The Morgan fingerprint density at radius 1 is 1.06 bits per heavy atom. The molecule has 1 N–H and O–H groups in total. The molecule has 0 atom stereocenters. The van der Waals surface area contributed by atoms with Gasteiger partial charge in [-0.25, -0.2) is 4.79 Å². The zero-order chi connectivity index (χ0) is 23.1. The maximum Gasteiger partial charge on any atom is 0.339 e. The topological polar surface area (TPSA) is 99.9 Å². The van der Waals surface area contributed by atoms with Crippen LogP contribution in [0.3, 0.4) is 0 Å². The first kappa shape index (κ1) is 23.2. The third-order valence-corrected chi connectivity index (χ3v) is 5.76. The van der Waals surface area contributed by atoms with Crippen molar-refractivity contribution in [2.24, 2.45) is 0 Å². The fourth-order valence-corrected chi connectivity index (χ4v) is 4.13. The molecule has 0 radical (unpaired) electrons. The average Bonchev–Trinajstić information content (AvgIpc) is 3.13. The van der Waals surface area contributed by atoms with E-state index in [0.29, 0.717) is 28.5 Å². The Bertz CT molecular complexity index is 1090. The monoisotopic (exact) mass is 456 g/mol. The number of methoxy groups -OCH3 is 2. The lowest BCUT2D eigenvalue weighted by molar-refractivity contribution is -0.119. The van der Waals surface area contributed by atoms with Crippen LogP contribution in [-0.2, 0) is 15.3 Å². The largest absolute Gasteiger partial charge is 0.493 e. The van der Waals surface area contributed by atoms with E-state index < -0.39 is 18.5 Å². The van der Waals surface area contributed by atoms with Crippen molar-refractivity contribution in [3.05, 3.63) is 65.0 Å². The Morgan fingerprint density at radius 2 is 1.81 bits per heavy atom. The highest BCUT2D eigenvalue weighted by atomic mass is 32.2. The molecular weight excluding hydrogens is 432 g/mol. The third kappa shape index (κ3) is 5.61. The van der Waals surface area contributed by atoms with Gasteiger partial charge < -0.3 is 24.1 Å². The minimum absolute atomic E-state index is 0.392. The Balaban J connectivity index is 1.60. The Kier molecular flexibility index (Phi) is 7.77. The predicted molar refractivity (Wildman–Crippen MR) is 120 cm³/mol. The van der Waals surface area contributed by atoms with Crippen molar-refractivity contribution in [3.63, 3.8) is 0 Å². The van der Waals surface area contributed by atoms with Crippen LogP contribution in [0.15, 0.2) is 51.9 Å². The van der Waals surface area contributed by atoms with E-state index in [1.807, 2.05) is 26.0 Å². The summed E-state index contributed by atoms with van der Waals surface area (Å²) in [6.07, 6.45) is 0. The first-order chi connectivity index (χ1) is 15.4. The lowest BCUT2D eigenvalue weighted by Crippen LogP contribution is -2.21. The maximum absolute atomic E-state index is 12.6. The number of anilines is 1. The molecule has 1 amide bonds. The van der Waals surface area contributed by atoms with Gasteiger partial charge in [0.15, 0.2) is 18.1 Å². The van der Waals surface area contributed by atoms with Crippen molar-refractivity contribution in [1.29, 1.82) is 0 Å². The van der Waals surface area contributed by atoms with Crippen molar-refractivity contribution < 1.29 is 28.3 Å². The quantitative estimate of drug-likeness (QED) is 0.374. The normalized spacial score (nSPS) is 10.5. The molecule has 3 aromatic rings. The number of carbonyl (C=O) groups is 2. The van der Waals surface area contributed by atoms with Gasteiger partial charge in [-0.15, -0.1) is 11.8 Å². The van der Waals surface area contributed by atoms with Crippen molar-refractivity contribution in [3.8, 4) is 11.5 Å². The summed E-state index contributed by atoms with van der Waals surface area (Å²) in [5, 5.41) is 6.62. The summed E-state index contributed by atoms with van der Waals surface area (Å²) < 4.78 is 20.8. The molecule has 1 heterocycles. The summed E-state index contributed by atoms with van der Waals surface area (Å²) in [5.41, 5.74) is 2.71. The highest BCUT2D eigenvalue weighted by Crippen LogP contribution is 2.30. The Hall–Kier alpha value is -3.46. The van der Waals surface area contributed by atoms with Crippen LogP contribution in [-0.4, -0.2) is 37.9 Å². The van der Waals surface area contributed by atoms with Crippen LogP contribution in [0, 0.1) is 13.8 Å². The van der Waals surface area contributed by atoms with E-state index in [1.165, 1.54) is 26.0 Å². The average molecular weight is 457 g/mol. The number of thioether (sulfide) groups is 1. The van der Waals surface area contributed by atoms with Gasteiger partial charge >= 0.3 is 5.97 Å². The minimum atomic E-state index is -0.575. The first-order valence-corrected chi connectivity index (χ1v) is 10.7. The Labute approximate surface area is 190 Å². The van der Waals surface area contributed by atoms with Gasteiger partial charge in [0.25, 0.3) is 5.91 Å². The molecule has 0 aliphatic carbocycles. The molecule has 168 valence electrons. The second-order valence-electron chi connectivity index (χ2n) is 6.78. The summed E-state index contributed by atoms with van der Waals surface area (Å²) in [4.78, 5) is 25.6. The number of hydrogen-bond donors (Lipinski definition) is 1. The van der Waals surface area contributed by atoms with Crippen molar-refractivity contribution >= 4 is 29.3 Å². The summed E-state index contributed by atoms with van der Waals surface area (Å²) in [6.45, 7) is 3.31. The number of esters is 1. The minimum Gasteiger partial charge on any atom is -0.493 e. The molecular formula is C23H24N2O6S. The number of nitrogens with zero attached hydrogens (tertiary/aromatic N) is 1. The SMILES string of the molecule is COc1ccc(NC(=O)COC(=O)c2ccccc2SCc2c(C)noc2C)cc1OC. The van der Waals surface area contributed by atoms with Gasteiger partial charge in [0.2, 0.25) is 0 Å². The second kappa shape index (κ2) is 10.7. The van der Waals surface area contributed by atoms with Gasteiger partial charge in [0, 0.05) is 28.0 Å². The lowest BCUT2D eigenvalue weighted by atomic mass is 10.2. The van der Waals surface area contributed by atoms with Gasteiger partial charge in [-0.1, -0.05) is 17.3 Å². The number of carbonyl (C=O) groups excluding carboxylic acids is 2. The molecule has 0 aliphatic rings. The van der Waals surface area contributed by atoms with Crippen molar-refractivity contribution in [2.75, 3.05) is 26.1 Å². The number of benzene rings is 2. The fraction of sp³-hybridized carbons (Fsp3) is 0.261. The molecule has 0 spiro atoms. The van der Waals surface area contributed by atoms with Crippen LogP contribution < -0.4 is 14.8 Å². The van der Waals surface area contributed by atoms with Crippen LogP contribution in [0.5, 0.6) is 11.5 Å². The van der Waals surface area contributed by atoms with E-state index in [0.717, 1.165) is 21.9 Å². The van der Waals surface area contributed by atoms with Gasteiger partial charge in [-0.3, -0.25) is 4.79 Å². The van der Waals surface area contributed by atoms with Gasteiger partial charge in [-0.05, 0) is 38.1 Å².